The summed E-state index contributed by atoms with van der Waals surface area (Å²) in [7, 11) is 0. The lowest BCUT2D eigenvalue weighted by Crippen LogP contribution is -2.07. The normalized spacial score (nSPS) is 12.2. The largest absolute Gasteiger partial charge is 0.453 e. The number of nitrogens with zero attached hydrogens (tertiary/aromatic N) is 4. The van der Waals surface area contributed by atoms with E-state index in [0.717, 1.165) is 10.8 Å². The van der Waals surface area contributed by atoms with Crippen LogP contribution in [0.25, 0.3) is 5.65 Å². The summed E-state index contributed by atoms with van der Waals surface area (Å²) in [5.74, 6) is -1.15. The number of fused-ring (bicyclic) bond motifs is 1. The monoisotopic (exact) mass is 188 g/mol. The second-order valence-corrected chi connectivity index (χ2v) is 2.32. The Morgan fingerprint density at radius 3 is 2.69 bits per heavy atom. The maximum atomic E-state index is 12.1. The summed E-state index contributed by atoms with van der Waals surface area (Å²) in [6, 6.07) is 1.35. The van der Waals surface area contributed by atoms with Gasteiger partial charge in [0.05, 0.1) is 0 Å². The maximum Gasteiger partial charge on any atom is 0.453 e. The zero-order valence-electron chi connectivity index (χ0n) is 6.15. The number of rotatable bonds is 0. The Hall–Kier alpha value is -1.66. The molecule has 0 radical (unpaired) electrons. The molecule has 4 nitrogen and oxygen atoms in total. The molecule has 0 atom stereocenters. The van der Waals surface area contributed by atoms with Crippen LogP contribution in [0.5, 0.6) is 0 Å². The average Bonchev–Trinajstić information content (AvgIpc) is 2.45. The van der Waals surface area contributed by atoms with Crippen LogP contribution < -0.4 is 0 Å². The first kappa shape index (κ1) is 7.96. The van der Waals surface area contributed by atoms with Crippen LogP contribution in [0, 0.1) is 0 Å². The van der Waals surface area contributed by atoms with Crippen molar-refractivity contribution in [2.24, 2.45) is 0 Å². The zero-order chi connectivity index (χ0) is 9.47. The molecular weight excluding hydrogens is 185 g/mol. The van der Waals surface area contributed by atoms with E-state index in [1.54, 1.807) is 0 Å². The Labute approximate surface area is 70.0 Å². The van der Waals surface area contributed by atoms with E-state index < -0.39 is 12.0 Å². The molecule has 0 fully saturated rings. The summed E-state index contributed by atoms with van der Waals surface area (Å²) in [5.41, 5.74) is 0.127. The molecule has 7 heteroatoms. The van der Waals surface area contributed by atoms with E-state index in [1.807, 2.05) is 0 Å². The van der Waals surface area contributed by atoms with Crippen molar-refractivity contribution in [1.29, 1.82) is 0 Å². The molecule has 2 aromatic rings. The van der Waals surface area contributed by atoms with Crippen LogP contribution in [0.3, 0.4) is 0 Å². The van der Waals surface area contributed by atoms with Gasteiger partial charge in [0.2, 0.25) is 0 Å². The Kier molecular flexibility index (Phi) is 1.48. The third kappa shape index (κ3) is 1.32. The fourth-order valence-corrected chi connectivity index (χ4v) is 0.865. The van der Waals surface area contributed by atoms with Crippen LogP contribution in [0.2, 0.25) is 0 Å². The van der Waals surface area contributed by atoms with Gasteiger partial charge in [0.1, 0.15) is 6.33 Å². The Bertz CT molecular complexity index is 400. The number of alkyl halides is 3. The fraction of sp³-hybridized carbons (Fsp3) is 0.167. The summed E-state index contributed by atoms with van der Waals surface area (Å²) in [4.78, 5) is 6.87. The predicted octanol–water partition coefficient (Wildman–Crippen LogP) is 1.14. The van der Waals surface area contributed by atoms with Gasteiger partial charge in [0.25, 0.3) is 5.82 Å². The van der Waals surface area contributed by atoms with Crippen molar-refractivity contribution in [3.05, 3.63) is 24.4 Å². The van der Waals surface area contributed by atoms with Crippen LogP contribution in [0.4, 0.5) is 13.2 Å². The van der Waals surface area contributed by atoms with Crippen LogP contribution in [0.15, 0.2) is 18.6 Å². The molecule has 2 heterocycles. The summed E-state index contributed by atoms with van der Waals surface area (Å²) in [6.07, 6.45) is -1.99. The van der Waals surface area contributed by atoms with E-state index in [2.05, 4.69) is 15.1 Å². The van der Waals surface area contributed by atoms with E-state index in [9.17, 15) is 13.2 Å². The second kappa shape index (κ2) is 2.41. The summed E-state index contributed by atoms with van der Waals surface area (Å²) >= 11 is 0. The second-order valence-electron chi connectivity index (χ2n) is 2.32. The molecule has 0 aliphatic rings. The molecule has 2 aromatic heterocycles. The van der Waals surface area contributed by atoms with E-state index in [-0.39, 0.29) is 5.65 Å². The highest BCUT2D eigenvalue weighted by molar-refractivity contribution is 5.34. The molecule has 0 aromatic carbocycles. The summed E-state index contributed by atoms with van der Waals surface area (Å²) in [5, 5.41) is 3.20. The first-order chi connectivity index (χ1) is 6.07. The Balaban J connectivity index is 2.63. The van der Waals surface area contributed by atoms with Gasteiger partial charge in [-0.25, -0.2) is 14.5 Å². The third-order valence-corrected chi connectivity index (χ3v) is 1.40. The van der Waals surface area contributed by atoms with E-state index >= 15 is 0 Å². The molecule has 0 amide bonds. The van der Waals surface area contributed by atoms with Crippen molar-refractivity contribution < 1.29 is 13.2 Å². The van der Waals surface area contributed by atoms with Crippen LogP contribution in [-0.2, 0) is 6.18 Å². The molecule has 2 rings (SSSR count). The quantitative estimate of drug-likeness (QED) is 0.622. The van der Waals surface area contributed by atoms with Gasteiger partial charge in [-0.3, -0.25) is 0 Å². The first-order valence-electron chi connectivity index (χ1n) is 3.31. The lowest BCUT2D eigenvalue weighted by molar-refractivity contribution is -0.144. The number of aromatic nitrogens is 4. The predicted molar refractivity (Wildman–Crippen MR) is 35.8 cm³/mol. The zero-order valence-corrected chi connectivity index (χ0v) is 6.15. The molecule has 0 spiro atoms. The van der Waals surface area contributed by atoms with Crippen LogP contribution in [-0.4, -0.2) is 19.6 Å². The van der Waals surface area contributed by atoms with E-state index in [4.69, 9.17) is 0 Å². The minimum Gasteiger partial charge on any atom is -0.245 e. The average molecular weight is 188 g/mol. The molecule has 0 N–H and O–H groups in total. The van der Waals surface area contributed by atoms with Crippen LogP contribution >= 0.6 is 0 Å². The fourth-order valence-electron chi connectivity index (χ4n) is 0.865. The minimum absolute atomic E-state index is 0.127. The molecule has 0 bridgehead atoms. The van der Waals surface area contributed by atoms with E-state index in [1.165, 1.54) is 12.3 Å². The number of hydrogen-bond donors (Lipinski definition) is 0. The van der Waals surface area contributed by atoms with E-state index in [0.29, 0.717) is 0 Å². The highest BCUT2D eigenvalue weighted by atomic mass is 19.4. The number of halogens is 3. The van der Waals surface area contributed by atoms with Crippen molar-refractivity contribution in [1.82, 2.24) is 19.6 Å². The summed E-state index contributed by atoms with van der Waals surface area (Å²) < 4.78 is 37.2. The lowest BCUT2D eigenvalue weighted by Gasteiger charge is -1.96. The molecule has 0 saturated heterocycles. The summed E-state index contributed by atoms with van der Waals surface area (Å²) in [6.45, 7) is 0. The smallest absolute Gasteiger partial charge is 0.245 e. The molecule has 0 unspecified atom stereocenters. The maximum absolute atomic E-state index is 12.1. The highest BCUT2D eigenvalue weighted by Crippen LogP contribution is 2.26. The van der Waals surface area contributed by atoms with Crippen molar-refractivity contribution in [3.8, 4) is 0 Å². The molecule has 0 saturated carbocycles. The van der Waals surface area contributed by atoms with Crippen molar-refractivity contribution >= 4 is 5.65 Å². The first-order valence-corrected chi connectivity index (χ1v) is 3.31. The van der Waals surface area contributed by atoms with Crippen molar-refractivity contribution in [2.75, 3.05) is 0 Å². The van der Waals surface area contributed by atoms with Gasteiger partial charge in [0.15, 0.2) is 5.65 Å². The molecule has 0 aliphatic heterocycles. The molecule has 68 valence electrons. The SMILES string of the molecule is FC(F)(F)c1nc2ccncn2n1. The molecule has 13 heavy (non-hydrogen) atoms. The van der Waals surface area contributed by atoms with Gasteiger partial charge in [-0.1, -0.05) is 0 Å². The number of hydrogen-bond acceptors (Lipinski definition) is 3. The van der Waals surface area contributed by atoms with Gasteiger partial charge in [-0.05, 0) is 0 Å². The minimum atomic E-state index is -4.51. The Morgan fingerprint density at radius 1 is 1.31 bits per heavy atom. The van der Waals surface area contributed by atoms with Gasteiger partial charge >= 0.3 is 6.18 Å². The standard InChI is InChI=1S/C6H3F3N4/c7-6(8,9)5-11-4-1-2-10-3-13(4)12-5/h1-3H. The van der Waals surface area contributed by atoms with Crippen molar-refractivity contribution in [3.63, 3.8) is 0 Å². The lowest BCUT2D eigenvalue weighted by atomic mass is 10.6. The van der Waals surface area contributed by atoms with Crippen LogP contribution in [0.1, 0.15) is 5.82 Å². The van der Waals surface area contributed by atoms with Gasteiger partial charge in [-0.15, -0.1) is 5.10 Å². The third-order valence-electron chi connectivity index (χ3n) is 1.40. The van der Waals surface area contributed by atoms with Gasteiger partial charge in [-0.2, -0.15) is 13.2 Å². The highest BCUT2D eigenvalue weighted by Gasteiger charge is 2.36. The van der Waals surface area contributed by atoms with Crippen molar-refractivity contribution in [2.45, 2.75) is 6.18 Å². The Morgan fingerprint density at radius 2 is 2.08 bits per heavy atom. The topological polar surface area (TPSA) is 43.1 Å². The molecular formula is C6H3F3N4. The molecule has 0 aliphatic carbocycles. The van der Waals surface area contributed by atoms with Gasteiger partial charge in [0, 0.05) is 12.3 Å². The van der Waals surface area contributed by atoms with Gasteiger partial charge < -0.3 is 0 Å².